The number of thiazole rings is 1. The number of hydrogen-bond acceptors (Lipinski definition) is 5. The van der Waals surface area contributed by atoms with Gasteiger partial charge in [0.2, 0.25) is 0 Å². The Morgan fingerprint density at radius 1 is 0.966 bits per heavy atom. The predicted molar refractivity (Wildman–Crippen MR) is 116 cm³/mol. The van der Waals surface area contributed by atoms with Crippen molar-refractivity contribution in [2.45, 2.75) is 11.4 Å². The normalized spacial score (nSPS) is 11.5. The molecule has 5 nitrogen and oxygen atoms in total. The summed E-state index contributed by atoms with van der Waals surface area (Å²) in [7, 11) is -3.31. The molecule has 1 aromatic heterocycles. The third-order valence-electron chi connectivity index (χ3n) is 4.46. The Kier molecular flexibility index (Phi) is 5.17. The van der Waals surface area contributed by atoms with Crippen molar-refractivity contribution in [2.75, 3.05) is 11.2 Å². The average Bonchev–Trinajstić information content (AvgIpc) is 3.15. The molecule has 29 heavy (non-hydrogen) atoms. The largest absolute Gasteiger partial charge is 0.279 e. The van der Waals surface area contributed by atoms with Crippen LogP contribution in [0.15, 0.2) is 83.8 Å². The first-order valence-electron chi connectivity index (χ1n) is 8.93. The second kappa shape index (κ2) is 7.77. The number of aromatic nitrogens is 1. The summed E-state index contributed by atoms with van der Waals surface area (Å²) in [6.07, 6.45) is 1.18. The van der Waals surface area contributed by atoms with Gasteiger partial charge in [0.1, 0.15) is 0 Å². The van der Waals surface area contributed by atoms with Gasteiger partial charge in [0.05, 0.1) is 21.7 Å². The van der Waals surface area contributed by atoms with E-state index in [1.165, 1.54) is 17.6 Å². The van der Waals surface area contributed by atoms with Crippen LogP contribution in [0.4, 0.5) is 5.13 Å². The van der Waals surface area contributed by atoms with Crippen LogP contribution in [-0.4, -0.2) is 25.6 Å². The maximum absolute atomic E-state index is 13.2. The minimum atomic E-state index is -3.31. The third-order valence-corrected chi connectivity index (χ3v) is 6.61. The van der Waals surface area contributed by atoms with Crippen LogP contribution in [0.1, 0.15) is 15.9 Å². The van der Waals surface area contributed by atoms with Crippen molar-refractivity contribution in [1.29, 1.82) is 0 Å². The molecule has 0 fully saturated rings. The SMILES string of the molecule is CS(=O)(=O)c1ccc2nc(N(Cc3ccccc3)C(=O)c3ccccc3)sc2c1. The molecular formula is C22H18N2O3S2. The van der Waals surface area contributed by atoms with Gasteiger partial charge < -0.3 is 0 Å². The standard InChI is InChI=1S/C22H18N2O3S2/c1-29(26,27)18-12-13-19-20(14-18)28-22(23-19)24(15-16-8-4-2-5-9-16)21(25)17-10-6-3-7-11-17/h2-14H,15H2,1H3. The Balaban J connectivity index is 1.78. The van der Waals surface area contributed by atoms with Crippen LogP contribution in [0.25, 0.3) is 10.2 Å². The number of benzene rings is 3. The third kappa shape index (κ3) is 4.21. The number of fused-ring (bicyclic) bond motifs is 1. The summed E-state index contributed by atoms with van der Waals surface area (Å²) in [5, 5.41) is 0.531. The van der Waals surface area contributed by atoms with Gasteiger partial charge in [-0.3, -0.25) is 9.69 Å². The first-order valence-corrected chi connectivity index (χ1v) is 11.6. The summed E-state index contributed by atoms with van der Waals surface area (Å²) in [6.45, 7) is 0.368. The first kappa shape index (κ1) is 19.3. The number of rotatable bonds is 5. The van der Waals surface area contributed by atoms with Crippen molar-refractivity contribution in [2.24, 2.45) is 0 Å². The van der Waals surface area contributed by atoms with E-state index in [1.54, 1.807) is 35.2 Å². The molecular weight excluding hydrogens is 404 g/mol. The molecule has 0 aliphatic carbocycles. The van der Waals surface area contributed by atoms with Gasteiger partial charge >= 0.3 is 0 Å². The van der Waals surface area contributed by atoms with E-state index in [4.69, 9.17) is 0 Å². The maximum Gasteiger partial charge on any atom is 0.260 e. The molecule has 0 atom stereocenters. The summed E-state index contributed by atoms with van der Waals surface area (Å²) in [5.41, 5.74) is 2.21. The summed E-state index contributed by atoms with van der Waals surface area (Å²) in [4.78, 5) is 19.7. The molecule has 0 saturated heterocycles. The summed E-state index contributed by atoms with van der Waals surface area (Å²) in [6, 6.07) is 23.6. The number of carbonyl (C=O) groups is 1. The predicted octanol–water partition coefficient (Wildman–Crippen LogP) is 4.55. The molecule has 0 aliphatic heterocycles. The van der Waals surface area contributed by atoms with Crippen molar-refractivity contribution in [3.63, 3.8) is 0 Å². The number of anilines is 1. The van der Waals surface area contributed by atoms with Crippen molar-refractivity contribution >= 4 is 42.4 Å². The molecule has 0 aliphatic rings. The molecule has 0 spiro atoms. The molecule has 0 unspecified atom stereocenters. The number of sulfone groups is 1. The smallest absolute Gasteiger partial charge is 0.260 e. The molecule has 1 amide bonds. The topological polar surface area (TPSA) is 67.3 Å². The second-order valence-electron chi connectivity index (χ2n) is 6.64. The van der Waals surface area contributed by atoms with E-state index in [0.717, 1.165) is 10.3 Å². The van der Waals surface area contributed by atoms with E-state index in [1.807, 2.05) is 48.5 Å². The fourth-order valence-electron chi connectivity index (χ4n) is 2.97. The van der Waals surface area contributed by atoms with Crippen LogP contribution in [0, 0.1) is 0 Å². The summed E-state index contributed by atoms with van der Waals surface area (Å²) >= 11 is 1.31. The molecule has 0 N–H and O–H groups in total. The summed E-state index contributed by atoms with van der Waals surface area (Å²) < 4.78 is 24.5. The van der Waals surface area contributed by atoms with Gasteiger partial charge in [0, 0.05) is 11.8 Å². The van der Waals surface area contributed by atoms with E-state index in [0.29, 0.717) is 22.8 Å². The van der Waals surface area contributed by atoms with Crippen molar-refractivity contribution in [3.05, 3.63) is 90.0 Å². The van der Waals surface area contributed by atoms with Crippen molar-refractivity contribution in [1.82, 2.24) is 4.98 Å². The van der Waals surface area contributed by atoms with Crippen LogP contribution < -0.4 is 4.90 Å². The van der Waals surface area contributed by atoms with Crippen LogP contribution in [0.2, 0.25) is 0 Å². The van der Waals surface area contributed by atoms with Gasteiger partial charge in [-0.25, -0.2) is 13.4 Å². The van der Waals surface area contributed by atoms with E-state index >= 15 is 0 Å². The molecule has 4 rings (SSSR count). The van der Waals surface area contributed by atoms with Crippen LogP contribution in [-0.2, 0) is 16.4 Å². The molecule has 0 radical (unpaired) electrons. The van der Waals surface area contributed by atoms with Crippen molar-refractivity contribution < 1.29 is 13.2 Å². The minimum Gasteiger partial charge on any atom is -0.279 e. The van der Waals surface area contributed by atoms with E-state index in [-0.39, 0.29) is 10.8 Å². The molecule has 4 aromatic rings. The monoisotopic (exact) mass is 422 g/mol. The van der Waals surface area contributed by atoms with Gasteiger partial charge in [0.15, 0.2) is 15.0 Å². The van der Waals surface area contributed by atoms with Gasteiger partial charge in [-0.1, -0.05) is 59.9 Å². The Hall–Kier alpha value is -3.03. The molecule has 0 saturated carbocycles. The molecule has 1 heterocycles. The fourth-order valence-corrected chi connectivity index (χ4v) is 4.69. The van der Waals surface area contributed by atoms with Gasteiger partial charge in [-0.15, -0.1) is 0 Å². The second-order valence-corrected chi connectivity index (χ2v) is 9.67. The quantitative estimate of drug-likeness (QED) is 0.473. The highest BCUT2D eigenvalue weighted by molar-refractivity contribution is 7.90. The van der Waals surface area contributed by atoms with Crippen LogP contribution >= 0.6 is 11.3 Å². The lowest BCUT2D eigenvalue weighted by molar-refractivity contribution is 0.0985. The van der Waals surface area contributed by atoms with E-state index in [2.05, 4.69) is 4.98 Å². The maximum atomic E-state index is 13.2. The Bertz CT molecular complexity index is 1270. The van der Waals surface area contributed by atoms with Crippen molar-refractivity contribution in [3.8, 4) is 0 Å². The number of nitrogens with zero attached hydrogens (tertiary/aromatic N) is 2. The fraction of sp³-hybridized carbons (Fsp3) is 0.0909. The Morgan fingerprint density at radius 2 is 1.62 bits per heavy atom. The highest BCUT2D eigenvalue weighted by atomic mass is 32.2. The van der Waals surface area contributed by atoms with E-state index in [9.17, 15) is 13.2 Å². The van der Waals surface area contributed by atoms with E-state index < -0.39 is 9.84 Å². The zero-order valence-electron chi connectivity index (χ0n) is 15.6. The highest BCUT2D eigenvalue weighted by Crippen LogP contribution is 2.32. The number of amides is 1. The highest BCUT2D eigenvalue weighted by Gasteiger charge is 2.22. The first-order chi connectivity index (χ1) is 13.9. The number of carbonyl (C=O) groups excluding carboxylic acids is 1. The number of hydrogen-bond donors (Lipinski definition) is 0. The lowest BCUT2D eigenvalue weighted by Crippen LogP contribution is -2.30. The van der Waals surface area contributed by atoms with Crippen LogP contribution in [0.5, 0.6) is 0 Å². The van der Waals surface area contributed by atoms with Gasteiger partial charge in [0.25, 0.3) is 5.91 Å². The lowest BCUT2D eigenvalue weighted by atomic mass is 10.1. The molecule has 7 heteroatoms. The molecule has 0 bridgehead atoms. The molecule has 146 valence electrons. The Labute approximate surface area is 173 Å². The summed E-state index contributed by atoms with van der Waals surface area (Å²) in [5.74, 6) is -0.156. The lowest BCUT2D eigenvalue weighted by Gasteiger charge is -2.20. The zero-order valence-corrected chi connectivity index (χ0v) is 17.3. The average molecular weight is 423 g/mol. The van der Waals surface area contributed by atoms with Gasteiger partial charge in [-0.2, -0.15) is 0 Å². The minimum absolute atomic E-state index is 0.156. The van der Waals surface area contributed by atoms with Gasteiger partial charge in [-0.05, 0) is 35.9 Å². The Morgan fingerprint density at radius 3 is 2.28 bits per heavy atom. The van der Waals surface area contributed by atoms with Crippen LogP contribution in [0.3, 0.4) is 0 Å². The molecule has 3 aromatic carbocycles. The zero-order chi connectivity index (χ0) is 20.4.